The number of rotatable bonds is 6. The zero-order valence-electron chi connectivity index (χ0n) is 10.7. The molecular formula is C13H18N4O. The van der Waals surface area contributed by atoms with Crippen molar-refractivity contribution in [2.24, 2.45) is 5.92 Å². The van der Waals surface area contributed by atoms with Gasteiger partial charge in [-0.15, -0.1) is 0 Å². The number of aromatic nitrogens is 1. The molecule has 1 heterocycles. The third kappa shape index (κ3) is 4.93. The molecule has 0 atom stereocenters. The Kier molecular flexibility index (Phi) is 5.81. The minimum absolute atomic E-state index is 0.0360. The van der Waals surface area contributed by atoms with Crippen molar-refractivity contribution in [1.29, 1.82) is 5.26 Å². The van der Waals surface area contributed by atoms with Crippen molar-refractivity contribution in [3.63, 3.8) is 0 Å². The molecule has 2 N–H and O–H groups in total. The number of amides is 1. The van der Waals surface area contributed by atoms with Crippen LogP contribution in [0.3, 0.4) is 0 Å². The van der Waals surface area contributed by atoms with Crippen molar-refractivity contribution in [2.75, 3.05) is 13.1 Å². The van der Waals surface area contributed by atoms with Crippen molar-refractivity contribution >= 4 is 5.91 Å². The van der Waals surface area contributed by atoms with Crippen LogP contribution in [0.1, 0.15) is 25.1 Å². The third-order valence-corrected chi connectivity index (χ3v) is 2.31. The molecule has 0 radical (unpaired) electrons. The fraction of sp³-hybridized carbons (Fsp3) is 0.462. The van der Waals surface area contributed by atoms with Crippen LogP contribution in [0.25, 0.3) is 0 Å². The van der Waals surface area contributed by atoms with Gasteiger partial charge in [-0.2, -0.15) is 5.26 Å². The molecule has 1 aromatic heterocycles. The van der Waals surface area contributed by atoms with Crippen LogP contribution in [0.4, 0.5) is 0 Å². The Bertz CT molecular complexity index is 437. The summed E-state index contributed by atoms with van der Waals surface area (Å²) in [6.45, 7) is 5.47. The van der Waals surface area contributed by atoms with E-state index < -0.39 is 0 Å². The van der Waals surface area contributed by atoms with Crippen LogP contribution in [-0.4, -0.2) is 24.0 Å². The first-order chi connectivity index (χ1) is 8.63. The van der Waals surface area contributed by atoms with Gasteiger partial charge in [-0.05, 0) is 12.0 Å². The molecule has 5 heteroatoms. The molecule has 0 fully saturated rings. The van der Waals surface area contributed by atoms with Crippen molar-refractivity contribution in [1.82, 2.24) is 15.6 Å². The minimum atomic E-state index is -0.0360. The molecule has 0 spiro atoms. The molecule has 0 saturated heterocycles. The van der Waals surface area contributed by atoms with Gasteiger partial charge in [-0.1, -0.05) is 19.9 Å². The van der Waals surface area contributed by atoms with E-state index in [0.29, 0.717) is 24.7 Å². The van der Waals surface area contributed by atoms with Gasteiger partial charge in [0.2, 0.25) is 5.91 Å². The minimum Gasteiger partial charge on any atom is -0.355 e. The lowest BCUT2D eigenvalue weighted by Gasteiger charge is -2.08. The Balaban J connectivity index is 2.33. The first-order valence-corrected chi connectivity index (χ1v) is 5.95. The van der Waals surface area contributed by atoms with Crippen LogP contribution in [0, 0.1) is 17.2 Å². The van der Waals surface area contributed by atoms with E-state index in [1.165, 1.54) is 0 Å². The normalized spacial score (nSPS) is 10.1. The average molecular weight is 246 g/mol. The lowest BCUT2D eigenvalue weighted by Crippen LogP contribution is -2.35. The largest absolute Gasteiger partial charge is 0.355 e. The molecule has 0 bridgehead atoms. The summed E-state index contributed by atoms with van der Waals surface area (Å²) >= 11 is 0. The zero-order chi connectivity index (χ0) is 13.4. The first-order valence-electron chi connectivity index (χ1n) is 5.95. The van der Waals surface area contributed by atoms with E-state index in [0.717, 1.165) is 5.56 Å². The summed E-state index contributed by atoms with van der Waals surface area (Å²) in [5.41, 5.74) is 1.20. The van der Waals surface area contributed by atoms with Crippen molar-refractivity contribution < 1.29 is 4.79 Å². The van der Waals surface area contributed by atoms with Crippen LogP contribution < -0.4 is 10.6 Å². The van der Waals surface area contributed by atoms with Gasteiger partial charge in [-0.25, -0.2) is 4.98 Å². The number of hydrogen-bond donors (Lipinski definition) is 2. The number of nitrogens with zero attached hydrogens (tertiary/aromatic N) is 2. The predicted molar refractivity (Wildman–Crippen MR) is 68.5 cm³/mol. The summed E-state index contributed by atoms with van der Waals surface area (Å²) in [6, 6.07) is 5.62. The second kappa shape index (κ2) is 7.41. The third-order valence-electron chi connectivity index (χ3n) is 2.31. The Hall–Kier alpha value is -1.93. The maximum absolute atomic E-state index is 11.4. The second-order valence-corrected chi connectivity index (χ2v) is 4.42. The van der Waals surface area contributed by atoms with Crippen LogP contribution in [0.2, 0.25) is 0 Å². The molecule has 0 saturated carbocycles. The maximum Gasteiger partial charge on any atom is 0.233 e. The van der Waals surface area contributed by atoms with Gasteiger partial charge in [0.05, 0.1) is 6.54 Å². The SMILES string of the molecule is CC(C)CNC(=O)CNCc1cccnc1C#N. The molecule has 0 aromatic carbocycles. The lowest BCUT2D eigenvalue weighted by molar-refractivity contribution is -0.120. The maximum atomic E-state index is 11.4. The van der Waals surface area contributed by atoms with Gasteiger partial charge in [0.25, 0.3) is 0 Å². The molecule has 1 amide bonds. The van der Waals surface area contributed by atoms with E-state index in [1.807, 2.05) is 26.0 Å². The van der Waals surface area contributed by atoms with Gasteiger partial charge in [-0.3, -0.25) is 4.79 Å². The van der Waals surface area contributed by atoms with E-state index >= 15 is 0 Å². The van der Waals surface area contributed by atoms with E-state index in [2.05, 4.69) is 15.6 Å². The second-order valence-electron chi connectivity index (χ2n) is 4.42. The molecule has 0 unspecified atom stereocenters. The highest BCUT2D eigenvalue weighted by Crippen LogP contribution is 2.02. The van der Waals surface area contributed by atoms with E-state index in [4.69, 9.17) is 5.26 Å². The van der Waals surface area contributed by atoms with Crippen LogP contribution >= 0.6 is 0 Å². The van der Waals surface area contributed by atoms with Gasteiger partial charge in [0.15, 0.2) is 0 Å². The lowest BCUT2D eigenvalue weighted by atomic mass is 10.2. The van der Waals surface area contributed by atoms with Gasteiger partial charge >= 0.3 is 0 Å². The molecule has 1 aromatic rings. The van der Waals surface area contributed by atoms with Gasteiger partial charge in [0.1, 0.15) is 11.8 Å². The highest BCUT2D eigenvalue weighted by Gasteiger charge is 2.04. The topological polar surface area (TPSA) is 77.8 Å². The average Bonchev–Trinajstić information content (AvgIpc) is 2.37. The molecule has 0 aliphatic rings. The number of nitriles is 1. The number of carbonyl (C=O) groups is 1. The van der Waals surface area contributed by atoms with Crippen molar-refractivity contribution in [3.8, 4) is 6.07 Å². The summed E-state index contributed by atoms with van der Waals surface area (Å²) in [5, 5.41) is 14.7. The molecule has 5 nitrogen and oxygen atoms in total. The van der Waals surface area contributed by atoms with Crippen LogP contribution in [0.15, 0.2) is 18.3 Å². The van der Waals surface area contributed by atoms with Crippen LogP contribution in [-0.2, 0) is 11.3 Å². The Morgan fingerprint density at radius 3 is 3.00 bits per heavy atom. The molecule has 96 valence electrons. The highest BCUT2D eigenvalue weighted by molar-refractivity contribution is 5.77. The summed E-state index contributed by atoms with van der Waals surface area (Å²) in [6.07, 6.45) is 1.58. The fourth-order valence-corrected chi connectivity index (χ4v) is 1.37. The summed E-state index contributed by atoms with van der Waals surface area (Å²) in [4.78, 5) is 15.4. The summed E-state index contributed by atoms with van der Waals surface area (Å²) < 4.78 is 0. The highest BCUT2D eigenvalue weighted by atomic mass is 16.1. The predicted octanol–water partition coefficient (Wildman–Crippen LogP) is 0.815. The van der Waals surface area contributed by atoms with Crippen molar-refractivity contribution in [3.05, 3.63) is 29.6 Å². The Labute approximate surface area is 107 Å². The fourth-order valence-electron chi connectivity index (χ4n) is 1.37. The van der Waals surface area contributed by atoms with E-state index in [-0.39, 0.29) is 12.5 Å². The van der Waals surface area contributed by atoms with E-state index in [1.54, 1.807) is 12.3 Å². The molecule has 1 rings (SSSR count). The smallest absolute Gasteiger partial charge is 0.233 e. The molecule has 0 aliphatic carbocycles. The zero-order valence-corrected chi connectivity index (χ0v) is 10.7. The quantitative estimate of drug-likeness (QED) is 0.779. The number of pyridine rings is 1. The van der Waals surface area contributed by atoms with Crippen molar-refractivity contribution in [2.45, 2.75) is 20.4 Å². The Morgan fingerprint density at radius 1 is 1.56 bits per heavy atom. The Morgan fingerprint density at radius 2 is 2.33 bits per heavy atom. The van der Waals surface area contributed by atoms with Crippen LogP contribution in [0.5, 0.6) is 0 Å². The number of nitrogens with one attached hydrogen (secondary N) is 2. The van der Waals surface area contributed by atoms with Gasteiger partial charge in [0, 0.05) is 24.8 Å². The molecule has 18 heavy (non-hydrogen) atoms. The molecular weight excluding hydrogens is 228 g/mol. The first kappa shape index (κ1) is 14.1. The monoisotopic (exact) mass is 246 g/mol. The summed E-state index contributed by atoms with van der Waals surface area (Å²) in [5.74, 6) is 0.406. The molecule has 0 aliphatic heterocycles. The standard InChI is InChI=1S/C13H18N4O/c1-10(2)7-17-13(18)9-15-8-11-4-3-5-16-12(11)6-14/h3-5,10,15H,7-9H2,1-2H3,(H,17,18). The van der Waals surface area contributed by atoms with Gasteiger partial charge < -0.3 is 10.6 Å². The number of hydrogen-bond acceptors (Lipinski definition) is 4. The summed E-state index contributed by atoms with van der Waals surface area (Å²) in [7, 11) is 0. The van der Waals surface area contributed by atoms with E-state index in [9.17, 15) is 4.79 Å². The number of carbonyl (C=O) groups excluding carboxylic acids is 1.